The Kier molecular flexibility index (Phi) is 2.60. The van der Waals surface area contributed by atoms with Crippen LogP contribution in [0.2, 0.25) is 0 Å². The number of carbonyl (C=O) groups is 1. The highest BCUT2D eigenvalue weighted by molar-refractivity contribution is 7.08. The molecule has 1 aliphatic heterocycles. The minimum Gasteiger partial charge on any atom is -0.341 e. The molecule has 0 spiro atoms. The molecule has 0 aromatic heterocycles. The topological polar surface area (TPSA) is 41.1 Å². The summed E-state index contributed by atoms with van der Waals surface area (Å²) < 4.78 is 0. The van der Waals surface area contributed by atoms with Gasteiger partial charge in [0.15, 0.2) is 0 Å². The number of amides is 2. The Balaban J connectivity index is 2.41. The van der Waals surface area contributed by atoms with Crippen LogP contribution in [0.15, 0.2) is 22.9 Å². The predicted molar refractivity (Wildman–Crippen MR) is 63.5 cm³/mol. The van der Waals surface area contributed by atoms with E-state index in [0.29, 0.717) is 0 Å². The number of fused-ring (bicyclic) bond motifs is 1. The third-order valence-corrected chi connectivity index (χ3v) is 2.88. The standard InChI is InChI=1S/C11H11N2OS/c1-7-5-10(13-11(14)12-2)9-6-15-4-3-8(7)9/h3-6H,1H2,2H3,(H2,12,13,14). The fourth-order valence-electron chi connectivity index (χ4n) is 1.47. The second-order valence-corrected chi connectivity index (χ2v) is 3.95. The molecule has 77 valence electrons. The van der Waals surface area contributed by atoms with Crippen LogP contribution in [-0.4, -0.2) is 13.1 Å². The SMILES string of the molecule is [CH2]c1cc(NC(=O)NC)c2csccc1-2. The molecule has 0 saturated heterocycles. The molecule has 2 aliphatic rings. The molecule has 0 unspecified atom stereocenters. The van der Waals surface area contributed by atoms with E-state index in [2.05, 4.69) is 17.6 Å². The van der Waals surface area contributed by atoms with Gasteiger partial charge in [0.1, 0.15) is 0 Å². The van der Waals surface area contributed by atoms with E-state index in [-0.39, 0.29) is 6.03 Å². The third-order valence-electron chi connectivity index (χ3n) is 2.22. The summed E-state index contributed by atoms with van der Waals surface area (Å²) in [4.78, 5) is 11.2. The van der Waals surface area contributed by atoms with Crippen molar-refractivity contribution in [1.29, 1.82) is 0 Å². The molecule has 2 N–H and O–H groups in total. The van der Waals surface area contributed by atoms with Gasteiger partial charge in [-0.1, -0.05) is 0 Å². The lowest BCUT2D eigenvalue weighted by atomic mass is 10.1. The van der Waals surface area contributed by atoms with Gasteiger partial charge in [-0.3, -0.25) is 0 Å². The smallest absolute Gasteiger partial charge is 0.318 e. The summed E-state index contributed by atoms with van der Waals surface area (Å²) in [6, 6.07) is 3.68. The molecule has 0 aromatic carbocycles. The number of hydrogen-bond acceptors (Lipinski definition) is 2. The van der Waals surface area contributed by atoms with E-state index in [9.17, 15) is 4.79 Å². The molecule has 0 aromatic rings. The summed E-state index contributed by atoms with van der Waals surface area (Å²) in [7, 11) is 1.59. The third kappa shape index (κ3) is 1.80. The molecule has 1 radical (unpaired) electrons. The van der Waals surface area contributed by atoms with Crippen molar-refractivity contribution in [2.75, 3.05) is 12.4 Å². The number of anilines is 1. The molecule has 1 heterocycles. The fraction of sp³-hybridized carbons (Fsp3) is 0.0909. The maximum atomic E-state index is 11.2. The van der Waals surface area contributed by atoms with E-state index in [1.807, 2.05) is 22.9 Å². The van der Waals surface area contributed by atoms with E-state index in [4.69, 9.17) is 0 Å². The predicted octanol–water partition coefficient (Wildman–Crippen LogP) is 2.79. The molecule has 2 rings (SSSR count). The van der Waals surface area contributed by atoms with Crippen LogP contribution in [0.3, 0.4) is 0 Å². The first-order valence-electron chi connectivity index (χ1n) is 4.52. The van der Waals surface area contributed by atoms with Gasteiger partial charge in [-0.05, 0) is 35.6 Å². The summed E-state index contributed by atoms with van der Waals surface area (Å²) in [5.41, 5.74) is 3.87. The van der Waals surface area contributed by atoms with Gasteiger partial charge >= 0.3 is 6.03 Å². The quantitative estimate of drug-likeness (QED) is 0.760. The molecule has 2 amide bonds. The summed E-state index contributed by atoms with van der Waals surface area (Å²) in [6.07, 6.45) is 0. The van der Waals surface area contributed by atoms with Gasteiger partial charge in [0.05, 0.1) is 5.69 Å². The molecular formula is C11H11N2OS. The highest BCUT2D eigenvalue weighted by atomic mass is 32.1. The number of carbonyl (C=O) groups excluding carboxylic acids is 1. The van der Waals surface area contributed by atoms with Crippen molar-refractivity contribution in [2.45, 2.75) is 0 Å². The van der Waals surface area contributed by atoms with Crippen LogP contribution >= 0.6 is 11.3 Å². The minimum absolute atomic E-state index is 0.212. The molecular weight excluding hydrogens is 208 g/mol. The lowest BCUT2D eigenvalue weighted by Gasteiger charge is -2.05. The Morgan fingerprint density at radius 2 is 2.27 bits per heavy atom. The van der Waals surface area contributed by atoms with Crippen molar-refractivity contribution in [2.24, 2.45) is 0 Å². The minimum atomic E-state index is -0.212. The second kappa shape index (κ2) is 3.90. The lowest BCUT2D eigenvalue weighted by molar-refractivity contribution is 0.254. The van der Waals surface area contributed by atoms with E-state index >= 15 is 0 Å². The van der Waals surface area contributed by atoms with E-state index in [1.54, 1.807) is 18.4 Å². The van der Waals surface area contributed by atoms with Crippen molar-refractivity contribution >= 4 is 23.1 Å². The lowest BCUT2D eigenvalue weighted by Crippen LogP contribution is -2.24. The van der Waals surface area contributed by atoms with Crippen LogP contribution in [0.5, 0.6) is 0 Å². The largest absolute Gasteiger partial charge is 0.341 e. The van der Waals surface area contributed by atoms with Gasteiger partial charge in [0.2, 0.25) is 0 Å². The van der Waals surface area contributed by atoms with Crippen molar-refractivity contribution < 1.29 is 4.79 Å². The molecule has 0 saturated carbocycles. The molecule has 0 fully saturated rings. The first-order chi connectivity index (χ1) is 7.22. The summed E-state index contributed by atoms with van der Waals surface area (Å²) >= 11 is 1.59. The first-order valence-corrected chi connectivity index (χ1v) is 5.46. The van der Waals surface area contributed by atoms with Gasteiger partial charge in [-0.15, -0.1) is 0 Å². The average molecular weight is 219 g/mol. The fourth-order valence-corrected chi connectivity index (χ4v) is 2.16. The van der Waals surface area contributed by atoms with Crippen molar-refractivity contribution in [3.63, 3.8) is 0 Å². The Bertz CT molecular complexity index is 464. The van der Waals surface area contributed by atoms with Gasteiger partial charge in [-0.25, -0.2) is 4.79 Å². The van der Waals surface area contributed by atoms with Crippen LogP contribution < -0.4 is 10.6 Å². The molecule has 1 aliphatic carbocycles. The maximum absolute atomic E-state index is 11.2. The van der Waals surface area contributed by atoms with Crippen LogP contribution in [0.4, 0.5) is 10.5 Å². The number of urea groups is 1. The highest BCUT2D eigenvalue weighted by Crippen LogP contribution is 2.36. The van der Waals surface area contributed by atoms with Crippen LogP contribution in [0.25, 0.3) is 11.1 Å². The Morgan fingerprint density at radius 3 is 3.00 bits per heavy atom. The molecule has 0 atom stereocenters. The van der Waals surface area contributed by atoms with Crippen molar-refractivity contribution in [3.8, 4) is 11.1 Å². The molecule has 3 nitrogen and oxygen atoms in total. The zero-order chi connectivity index (χ0) is 10.8. The number of nitrogens with one attached hydrogen (secondary N) is 2. The summed E-state index contributed by atoms with van der Waals surface area (Å²) in [5.74, 6) is 0. The average Bonchev–Trinajstić information content (AvgIpc) is 2.57. The number of rotatable bonds is 1. The van der Waals surface area contributed by atoms with E-state index in [1.165, 1.54) is 0 Å². The van der Waals surface area contributed by atoms with E-state index < -0.39 is 0 Å². The van der Waals surface area contributed by atoms with Crippen LogP contribution in [0, 0.1) is 6.92 Å². The van der Waals surface area contributed by atoms with Gasteiger partial charge < -0.3 is 10.6 Å². The zero-order valence-electron chi connectivity index (χ0n) is 8.33. The zero-order valence-corrected chi connectivity index (χ0v) is 9.15. The Hall–Kier alpha value is -1.55. The van der Waals surface area contributed by atoms with Gasteiger partial charge in [-0.2, -0.15) is 11.3 Å². The normalized spacial score (nSPS) is 10.3. The summed E-state index contributed by atoms with van der Waals surface area (Å²) in [6.45, 7) is 3.94. The monoisotopic (exact) mass is 219 g/mol. The Labute approximate surface area is 92.5 Å². The number of hydrogen-bond donors (Lipinski definition) is 2. The molecule has 0 bridgehead atoms. The first kappa shape index (κ1) is 9.98. The van der Waals surface area contributed by atoms with Crippen molar-refractivity contribution in [3.05, 3.63) is 35.4 Å². The van der Waals surface area contributed by atoms with Gasteiger partial charge in [0.25, 0.3) is 0 Å². The van der Waals surface area contributed by atoms with Gasteiger partial charge in [0, 0.05) is 18.0 Å². The van der Waals surface area contributed by atoms with Crippen LogP contribution in [0.1, 0.15) is 5.56 Å². The summed E-state index contributed by atoms with van der Waals surface area (Å²) in [5, 5.41) is 9.30. The maximum Gasteiger partial charge on any atom is 0.318 e. The van der Waals surface area contributed by atoms with E-state index in [0.717, 1.165) is 22.4 Å². The molecule has 15 heavy (non-hydrogen) atoms. The molecule has 4 heteroatoms. The highest BCUT2D eigenvalue weighted by Gasteiger charge is 2.13. The second-order valence-electron chi connectivity index (χ2n) is 3.17. The van der Waals surface area contributed by atoms with Crippen molar-refractivity contribution in [1.82, 2.24) is 5.32 Å². The van der Waals surface area contributed by atoms with Crippen LogP contribution in [-0.2, 0) is 0 Å². The Morgan fingerprint density at radius 1 is 1.47 bits per heavy atom.